The second kappa shape index (κ2) is 5.77. The summed E-state index contributed by atoms with van der Waals surface area (Å²) in [5, 5.41) is 0. The third kappa shape index (κ3) is 2.57. The lowest BCUT2D eigenvalue weighted by atomic mass is 9.99. The van der Waals surface area contributed by atoms with Crippen LogP contribution in [0.4, 0.5) is 5.95 Å². The molecule has 0 spiro atoms. The third-order valence-corrected chi connectivity index (χ3v) is 5.57. The molecule has 124 valence electrons. The van der Waals surface area contributed by atoms with Crippen LogP contribution in [0.25, 0.3) is 16.6 Å². The number of imidazole rings is 1. The van der Waals surface area contributed by atoms with Crippen molar-refractivity contribution < 1.29 is 8.42 Å². The zero-order chi connectivity index (χ0) is 17.5. The number of benzene rings is 2. The molecular weight excluding hydrogens is 324 g/mol. The van der Waals surface area contributed by atoms with Crippen molar-refractivity contribution in [2.24, 2.45) is 0 Å². The molecule has 2 N–H and O–H groups in total. The van der Waals surface area contributed by atoms with Crippen molar-refractivity contribution in [2.45, 2.75) is 0 Å². The molecule has 1 aromatic heterocycles. The smallest absolute Gasteiger partial charge is 0.310 e. The van der Waals surface area contributed by atoms with Gasteiger partial charge in [-0.3, -0.25) is 0 Å². The highest BCUT2D eigenvalue weighted by molar-refractivity contribution is 7.87. The summed E-state index contributed by atoms with van der Waals surface area (Å²) in [4.78, 5) is 4.14. The zero-order valence-corrected chi connectivity index (χ0v) is 14.3. The van der Waals surface area contributed by atoms with E-state index >= 15 is 0 Å². The summed E-state index contributed by atoms with van der Waals surface area (Å²) in [5.74, 6) is -0.0684. The van der Waals surface area contributed by atoms with Gasteiger partial charge in [-0.05, 0) is 28.8 Å². The lowest BCUT2D eigenvalue weighted by molar-refractivity contribution is 0.513. The van der Waals surface area contributed by atoms with E-state index in [2.05, 4.69) is 11.6 Å². The fourth-order valence-electron chi connectivity index (χ4n) is 2.47. The van der Waals surface area contributed by atoms with Gasteiger partial charge in [-0.15, -0.1) is 0 Å². The van der Waals surface area contributed by atoms with Crippen molar-refractivity contribution in [3.05, 3.63) is 66.2 Å². The van der Waals surface area contributed by atoms with Gasteiger partial charge >= 0.3 is 10.2 Å². The molecule has 3 aromatic rings. The van der Waals surface area contributed by atoms with Crippen molar-refractivity contribution in [1.29, 1.82) is 0 Å². The van der Waals surface area contributed by atoms with Crippen LogP contribution in [-0.2, 0) is 10.2 Å². The van der Waals surface area contributed by atoms with E-state index in [-0.39, 0.29) is 5.95 Å². The van der Waals surface area contributed by atoms with Gasteiger partial charge in [0.05, 0.1) is 11.0 Å². The van der Waals surface area contributed by atoms with Crippen LogP contribution in [0.2, 0.25) is 0 Å². The number of hydrogen-bond acceptors (Lipinski definition) is 4. The SMILES string of the molecule is C=C(c1ccccc1)c1ccc2nc(N)n(S(=O)(=O)N(C)C)c2c1. The van der Waals surface area contributed by atoms with Crippen LogP contribution in [0, 0.1) is 0 Å². The molecule has 0 unspecified atom stereocenters. The van der Waals surface area contributed by atoms with E-state index in [4.69, 9.17) is 5.73 Å². The Balaban J connectivity index is 2.20. The van der Waals surface area contributed by atoms with Crippen LogP contribution >= 0.6 is 0 Å². The second-order valence-corrected chi connectivity index (χ2v) is 7.56. The summed E-state index contributed by atoms with van der Waals surface area (Å²) in [5.41, 5.74) is 9.35. The van der Waals surface area contributed by atoms with E-state index in [1.54, 1.807) is 12.1 Å². The molecular formula is C17H18N4O2S. The Kier molecular flexibility index (Phi) is 3.90. The second-order valence-electron chi connectivity index (χ2n) is 5.57. The minimum Gasteiger partial charge on any atom is -0.368 e. The van der Waals surface area contributed by atoms with Gasteiger partial charge in [0, 0.05) is 14.1 Å². The van der Waals surface area contributed by atoms with E-state index in [0.29, 0.717) is 11.0 Å². The molecule has 0 aliphatic carbocycles. The number of hydrogen-bond donors (Lipinski definition) is 1. The van der Waals surface area contributed by atoms with Crippen molar-refractivity contribution in [3.63, 3.8) is 0 Å². The first-order valence-electron chi connectivity index (χ1n) is 7.28. The van der Waals surface area contributed by atoms with Crippen LogP contribution in [-0.4, -0.2) is 35.8 Å². The first kappa shape index (κ1) is 16.2. The first-order chi connectivity index (χ1) is 11.3. The molecule has 2 aromatic carbocycles. The normalized spacial score (nSPS) is 12.0. The summed E-state index contributed by atoms with van der Waals surface area (Å²) in [6.07, 6.45) is 0. The molecule has 3 rings (SSSR count). The molecule has 0 aliphatic heterocycles. The maximum atomic E-state index is 12.5. The predicted molar refractivity (Wildman–Crippen MR) is 96.7 cm³/mol. The largest absolute Gasteiger partial charge is 0.368 e. The first-order valence-corrected chi connectivity index (χ1v) is 8.68. The van der Waals surface area contributed by atoms with Gasteiger partial charge in [-0.1, -0.05) is 43.0 Å². The molecule has 0 saturated carbocycles. The lowest BCUT2D eigenvalue weighted by Crippen LogP contribution is -2.29. The van der Waals surface area contributed by atoms with Gasteiger partial charge < -0.3 is 5.73 Å². The highest BCUT2D eigenvalue weighted by atomic mass is 32.2. The lowest BCUT2D eigenvalue weighted by Gasteiger charge is -2.14. The summed E-state index contributed by atoms with van der Waals surface area (Å²) >= 11 is 0. The van der Waals surface area contributed by atoms with Crippen molar-refractivity contribution in [1.82, 2.24) is 13.3 Å². The zero-order valence-electron chi connectivity index (χ0n) is 13.5. The van der Waals surface area contributed by atoms with E-state index in [1.165, 1.54) is 14.1 Å². The van der Waals surface area contributed by atoms with Crippen molar-refractivity contribution >= 4 is 32.8 Å². The maximum Gasteiger partial charge on any atom is 0.310 e. The van der Waals surface area contributed by atoms with Crippen molar-refractivity contribution in [2.75, 3.05) is 19.8 Å². The summed E-state index contributed by atoms with van der Waals surface area (Å²) in [7, 11) is -0.862. The fraction of sp³-hybridized carbons (Fsp3) is 0.118. The number of aromatic nitrogens is 2. The van der Waals surface area contributed by atoms with E-state index < -0.39 is 10.2 Å². The molecule has 0 aliphatic rings. The number of nitrogens with two attached hydrogens (primary N) is 1. The van der Waals surface area contributed by atoms with E-state index in [1.807, 2.05) is 36.4 Å². The standard InChI is InChI=1S/C17H18N4O2S/c1-12(13-7-5-4-6-8-13)14-9-10-15-16(11-14)21(17(18)19-15)24(22,23)20(2)3/h4-11H,1H2,2-3H3,(H2,18,19). The minimum absolute atomic E-state index is 0.0684. The van der Waals surface area contributed by atoms with Crippen LogP contribution < -0.4 is 5.73 Å². The number of anilines is 1. The summed E-state index contributed by atoms with van der Waals surface area (Å²) in [6.45, 7) is 4.11. The number of nitrogens with zero attached hydrogens (tertiary/aromatic N) is 3. The quantitative estimate of drug-likeness (QED) is 0.789. The van der Waals surface area contributed by atoms with E-state index in [0.717, 1.165) is 25.0 Å². The average Bonchev–Trinajstić information content (AvgIpc) is 2.90. The Labute approximate surface area is 141 Å². The molecule has 24 heavy (non-hydrogen) atoms. The van der Waals surface area contributed by atoms with Crippen LogP contribution in [0.15, 0.2) is 55.1 Å². The molecule has 0 fully saturated rings. The third-order valence-electron chi connectivity index (χ3n) is 3.80. The molecule has 0 bridgehead atoms. The van der Waals surface area contributed by atoms with Crippen molar-refractivity contribution in [3.8, 4) is 0 Å². The number of fused-ring (bicyclic) bond motifs is 1. The molecule has 0 amide bonds. The Morgan fingerprint density at radius 3 is 2.42 bits per heavy atom. The number of rotatable bonds is 4. The van der Waals surface area contributed by atoms with Crippen LogP contribution in [0.1, 0.15) is 11.1 Å². The maximum absolute atomic E-state index is 12.5. The van der Waals surface area contributed by atoms with Gasteiger partial charge in [0.1, 0.15) is 0 Å². The monoisotopic (exact) mass is 342 g/mol. The summed E-state index contributed by atoms with van der Waals surface area (Å²) < 4.78 is 27.2. The number of nitrogen functional groups attached to an aromatic ring is 1. The molecule has 0 saturated heterocycles. The van der Waals surface area contributed by atoms with Gasteiger partial charge in [-0.25, -0.2) is 4.98 Å². The molecule has 0 radical (unpaired) electrons. The van der Waals surface area contributed by atoms with Gasteiger partial charge in [0.25, 0.3) is 0 Å². The molecule has 7 heteroatoms. The summed E-state index contributed by atoms with van der Waals surface area (Å²) in [6, 6.07) is 15.0. The van der Waals surface area contributed by atoms with Crippen LogP contribution in [0.3, 0.4) is 0 Å². The molecule has 1 heterocycles. The Morgan fingerprint density at radius 1 is 1.12 bits per heavy atom. The highest BCUT2D eigenvalue weighted by Gasteiger charge is 2.23. The highest BCUT2D eigenvalue weighted by Crippen LogP contribution is 2.27. The van der Waals surface area contributed by atoms with Gasteiger partial charge in [0.15, 0.2) is 0 Å². The Morgan fingerprint density at radius 2 is 1.79 bits per heavy atom. The predicted octanol–water partition coefficient (Wildman–Crippen LogP) is 2.33. The Bertz CT molecular complexity index is 1020. The molecule has 6 nitrogen and oxygen atoms in total. The van der Waals surface area contributed by atoms with Gasteiger partial charge in [0.2, 0.25) is 5.95 Å². The van der Waals surface area contributed by atoms with Crippen LogP contribution in [0.5, 0.6) is 0 Å². The average molecular weight is 342 g/mol. The fourth-order valence-corrected chi connectivity index (χ4v) is 3.47. The van der Waals surface area contributed by atoms with Gasteiger partial charge in [-0.2, -0.15) is 16.7 Å². The Hall–Kier alpha value is -2.64. The molecule has 0 atom stereocenters. The minimum atomic E-state index is -3.77. The topological polar surface area (TPSA) is 81.2 Å². The van der Waals surface area contributed by atoms with E-state index in [9.17, 15) is 8.42 Å².